The lowest BCUT2D eigenvalue weighted by Gasteiger charge is -2.26. The summed E-state index contributed by atoms with van der Waals surface area (Å²) in [5, 5.41) is 0.666. The smallest absolute Gasteiger partial charge is 0.161 e. The lowest BCUT2D eigenvalue weighted by molar-refractivity contribution is 0.600. The van der Waals surface area contributed by atoms with Crippen molar-refractivity contribution < 1.29 is 8.42 Å². The number of rotatable bonds is 3. The molecule has 9 heteroatoms. The zero-order valence-corrected chi connectivity index (χ0v) is 12.6. The fourth-order valence-corrected chi connectivity index (χ4v) is 4.38. The zero-order valence-electron chi connectivity index (χ0n) is 10.2. The highest BCUT2D eigenvalue weighted by Gasteiger charge is 2.32. The fourth-order valence-electron chi connectivity index (χ4n) is 2.06. The van der Waals surface area contributed by atoms with E-state index in [-0.39, 0.29) is 17.5 Å². The minimum absolute atomic E-state index is 0.107. The zero-order chi connectivity index (χ0) is 14.2. The van der Waals surface area contributed by atoms with E-state index < -0.39 is 9.84 Å². The Balaban J connectivity index is 2.31. The summed E-state index contributed by atoms with van der Waals surface area (Å²) in [7, 11) is -1.21. The predicted octanol–water partition coefficient (Wildman–Crippen LogP) is 1.30. The molecule has 1 atom stereocenters. The molecule has 3 N–H and O–H groups in total. The summed E-state index contributed by atoms with van der Waals surface area (Å²) < 4.78 is 23.0. The lowest BCUT2D eigenvalue weighted by atomic mass is 10.2. The molecule has 0 aromatic carbocycles. The highest BCUT2D eigenvalue weighted by Crippen LogP contribution is 2.32. The molecule has 0 bridgehead atoms. The molecule has 1 aromatic rings. The molecule has 0 saturated carbocycles. The molecule has 1 aliphatic rings. The van der Waals surface area contributed by atoms with Crippen LogP contribution in [0, 0.1) is 0 Å². The largest absolute Gasteiger partial charge is 0.354 e. The van der Waals surface area contributed by atoms with Gasteiger partial charge in [0.25, 0.3) is 0 Å². The third kappa shape index (κ3) is 3.05. The standard InChI is InChI=1S/C10H14Cl2N4O2S/c1-16(6-2-3-19(17,18)5-6)10-8(12)4-7(11)9(14-10)15-13/h4,6H,2-3,5,13H2,1H3,(H,14,15). The van der Waals surface area contributed by atoms with Gasteiger partial charge in [-0.15, -0.1) is 0 Å². The SMILES string of the molecule is CN(c1nc(NN)c(Cl)cc1Cl)C1CCS(=O)(=O)C1. The van der Waals surface area contributed by atoms with Gasteiger partial charge in [0, 0.05) is 13.1 Å². The Labute approximate surface area is 121 Å². The number of sulfone groups is 1. The molecular formula is C10H14Cl2N4O2S. The molecule has 2 rings (SSSR count). The van der Waals surface area contributed by atoms with Crippen molar-refractivity contribution in [2.75, 3.05) is 28.9 Å². The van der Waals surface area contributed by atoms with Crippen LogP contribution in [0.25, 0.3) is 0 Å². The molecule has 1 aromatic heterocycles. The summed E-state index contributed by atoms with van der Waals surface area (Å²) in [4.78, 5) is 5.97. The molecule has 0 amide bonds. The van der Waals surface area contributed by atoms with Crippen LogP contribution >= 0.6 is 23.2 Å². The van der Waals surface area contributed by atoms with Crippen LogP contribution in [0.5, 0.6) is 0 Å². The van der Waals surface area contributed by atoms with Crippen molar-refractivity contribution in [3.63, 3.8) is 0 Å². The van der Waals surface area contributed by atoms with Crippen molar-refractivity contribution in [2.24, 2.45) is 5.84 Å². The summed E-state index contributed by atoms with van der Waals surface area (Å²) in [6.45, 7) is 0. The van der Waals surface area contributed by atoms with Crippen molar-refractivity contribution in [1.29, 1.82) is 0 Å². The maximum atomic E-state index is 11.5. The lowest BCUT2D eigenvalue weighted by Crippen LogP contribution is -2.33. The Morgan fingerprint density at radius 3 is 2.68 bits per heavy atom. The Morgan fingerprint density at radius 1 is 1.47 bits per heavy atom. The summed E-state index contributed by atoms with van der Waals surface area (Å²) in [5.41, 5.74) is 2.38. The Morgan fingerprint density at radius 2 is 2.16 bits per heavy atom. The minimum Gasteiger partial charge on any atom is -0.354 e. The molecule has 0 aliphatic carbocycles. The van der Waals surface area contributed by atoms with Crippen LogP contribution in [0.15, 0.2) is 6.07 Å². The van der Waals surface area contributed by atoms with Crippen LogP contribution in [-0.2, 0) is 9.84 Å². The quantitative estimate of drug-likeness (QED) is 0.643. The van der Waals surface area contributed by atoms with E-state index in [1.54, 1.807) is 11.9 Å². The van der Waals surface area contributed by atoms with Gasteiger partial charge in [0.15, 0.2) is 15.7 Å². The number of halogens is 2. The molecule has 1 fully saturated rings. The molecule has 106 valence electrons. The first kappa shape index (κ1) is 14.6. The van der Waals surface area contributed by atoms with Gasteiger partial charge >= 0.3 is 0 Å². The van der Waals surface area contributed by atoms with Crippen molar-refractivity contribution in [3.8, 4) is 0 Å². The van der Waals surface area contributed by atoms with E-state index >= 15 is 0 Å². The number of pyridine rings is 1. The molecule has 1 saturated heterocycles. The monoisotopic (exact) mass is 324 g/mol. The van der Waals surface area contributed by atoms with E-state index in [0.29, 0.717) is 28.1 Å². The van der Waals surface area contributed by atoms with Crippen LogP contribution in [0.2, 0.25) is 10.0 Å². The first-order valence-corrected chi connectivity index (χ1v) is 8.17. The second-order valence-corrected chi connectivity index (χ2v) is 7.48. The van der Waals surface area contributed by atoms with Gasteiger partial charge in [0.1, 0.15) is 5.82 Å². The van der Waals surface area contributed by atoms with Crippen molar-refractivity contribution in [1.82, 2.24) is 4.98 Å². The number of nitrogens with two attached hydrogens (primary N) is 1. The summed E-state index contributed by atoms with van der Waals surface area (Å²) in [5.74, 6) is 6.37. The van der Waals surface area contributed by atoms with Crippen molar-refractivity contribution in [3.05, 3.63) is 16.1 Å². The van der Waals surface area contributed by atoms with E-state index in [1.165, 1.54) is 6.07 Å². The Bertz CT molecular complexity index is 593. The molecule has 1 aliphatic heterocycles. The number of aromatic nitrogens is 1. The van der Waals surface area contributed by atoms with Gasteiger partial charge in [-0.3, -0.25) is 0 Å². The van der Waals surface area contributed by atoms with Crippen molar-refractivity contribution >= 4 is 44.7 Å². The van der Waals surface area contributed by atoms with E-state index in [9.17, 15) is 8.42 Å². The van der Waals surface area contributed by atoms with Crippen LogP contribution in [0.3, 0.4) is 0 Å². The molecule has 1 unspecified atom stereocenters. The van der Waals surface area contributed by atoms with E-state index in [0.717, 1.165) is 0 Å². The second kappa shape index (κ2) is 5.32. The van der Waals surface area contributed by atoms with E-state index in [1.807, 2.05) is 0 Å². The van der Waals surface area contributed by atoms with Gasteiger partial charge in [0.05, 0.1) is 21.6 Å². The topological polar surface area (TPSA) is 88.3 Å². The van der Waals surface area contributed by atoms with Gasteiger partial charge in [0.2, 0.25) is 0 Å². The van der Waals surface area contributed by atoms with E-state index in [2.05, 4.69) is 10.4 Å². The van der Waals surface area contributed by atoms with Crippen LogP contribution < -0.4 is 16.2 Å². The summed E-state index contributed by atoms with van der Waals surface area (Å²) >= 11 is 12.0. The number of anilines is 2. The molecule has 6 nitrogen and oxygen atoms in total. The Hall–Kier alpha value is -0.760. The first-order valence-electron chi connectivity index (χ1n) is 5.60. The van der Waals surface area contributed by atoms with Gasteiger partial charge in [-0.1, -0.05) is 23.2 Å². The maximum Gasteiger partial charge on any atom is 0.161 e. The highest BCUT2D eigenvalue weighted by molar-refractivity contribution is 7.91. The third-order valence-electron chi connectivity index (χ3n) is 3.14. The third-order valence-corrected chi connectivity index (χ3v) is 5.45. The highest BCUT2D eigenvalue weighted by atomic mass is 35.5. The van der Waals surface area contributed by atoms with Gasteiger partial charge < -0.3 is 10.3 Å². The fraction of sp³-hybridized carbons (Fsp3) is 0.500. The predicted molar refractivity (Wildman–Crippen MR) is 77.5 cm³/mol. The van der Waals surface area contributed by atoms with E-state index in [4.69, 9.17) is 29.0 Å². The Kier molecular flexibility index (Phi) is 4.10. The van der Waals surface area contributed by atoms with Gasteiger partial charge in [-0.2, -0.15) is 0 Å². The normalized spacial score (nSPS) is 21.4. The molecule has 2 heterocycles. The minimum atomic E-state index is -2.96. The molecule has 0 spiro atoms. The van der Waals surface area contributed by atoms with Crippen LogP contribution in [0.1, 0.15) is 6.42 Å². The maximum absolute atomic E-state index is 11.5. The number of hydrogen-bond acceptors (Lipinski definition) is 6. The summed E-state index contributed by atoms with van der Waals surface area (Å²) in [6, 6.07) is 1.39. The number of nitrogens with zero attached hydrogens (tertiary/aromatic N) is 2. The average molecular weight is 325 g/mol. The van der Waals surface area contributed by atoms with Crippen LogP contribution in [-0.4, -0.2) is 38.0 Å². The number of nitrogen functional groups attached to an aromatic ring is 1. The molecular weight excluding hydrogens is 311 g/mol. The summed E-state index contributed by atoms with van der Waals surface area (Å²) in [6.07, 6.45) is 0.560. The first-order chi connectivity index (χ1) is 8.84. The number of hydrogen-bond donors (Lipinski definition) is 2. The van der Waals surface area contributed by atoms with Crippen LogP contribution in [0.4, 0.5) is 11.6 Å². The molecule has 19 heavy (non-hydrogen) atoms. The van der Waals surface area contributed by atoms with Crippen molar-refractivity contribution in [2.45, 2.75) is 12.5 Å². The molecule has 0 radical (unpaired) electrons. The van der Waals surface area contributed by atoms with Gasteiger partial charge in [-0.25, -0.2) is 19.2 Å². The number of nitrogens with one attached hydrogen (secondary N) is 1. The second-order valence-electron chi connectivity index (χ2n) is 4.44. The van der Waals surface area contributed by atoms with Gasteiger partial charge in [-0.05, 0) is 12.5 Å². The number of hydrazine groups is 1. The average Bonchev–Trinajstić information content (AvgIpc) is 2.69.